The lowest BCUT2D eigenvalue weighted by Crippen LogP contribution is -2.09. The molecule has 0 amide bonds. The van der Waals surface area contributed by atoms with Crippen molar-refractivity contribution in [2.24, 2.45) is 5.92 Å². The topological polar surface area (TPSA) is 20.2 Å². The van der Waals surface area contributed by atoms with Crippen LogP contribution in [0.5, 0.6) is 0 Å². The maximum absolute atomic E-state index is 8.82. The molecule has 0 fully saturated rings. The molecule has 0 heterocycles. The Bertz CT molecular complexity index is 54.5. The van der Waals surface area contributed by atoms with Gasteiger partial charge < -0.3 is 5.11 Å². The molecule has 50 valence electrons. The summed E-state index contributed by atoms with van der Waals surface area (Å²) < 4.78 is 0. The van der Waals surface area contributed by atoms with E-state index in [1.54, 1.807) is 0 Å². The van der Waals surface area contributed by atoms with Gasteiger partial charge in [-0.05, 0) is 12.3 Å². The predicted molar refractivity (Wildman–Crippen MR) is 39.1 cm³/mol. The molecule has 0 rings (SSSR count). The van der Waals surface area contributed by atoms with Crippen LogP contribution in [0.3, 0.4) is 0 Å². The highest BCUT2D eigenvalue weighted by molar-refractivity contribution is 7.80. The summed E-state index contributed by atoms with van der Waals surface area (Å²) in [6.07, 6.45) is 2.18. The maximum atomic E-state index is 8.82. The van der Waals surface area contributed by atoms with Crippen LogP contribution < -0.4 is 0 Å². The van der Waals surface area contributed by atoms with Crippen molar-refractivity contribution in [1.29, 1.82) is 0 Å². The Morgan fingerprint density at radius 1 is 1.62 bits per heavy atom. The Hall–Kier alpha value is 0.310. The minimum absolute atomic E-state index is 0.336. The fraction of sp³-hybridized carbons (Fsp3) is 1.00. The molecule has 2 heteroatoms. The molecule has 1 nitrogen and oxygen atoms in total. The van der Waals surface area contributed by atoms with Gasteiger partial charge in [0.25, 0.3) is 0 Å². The Morgan fingerprint density at radius 3 is 2.25 bits per heavy atom. The van der Waals surface area contributed by atoms with Crippen molar-refractivity contribution in [3.63, 3.8) is 0 Å². The summed E-state index contributed by atoms with van der Waals surface area (Å²) in [5, 5.41) is 8.82. The molecule has 1 N–H and O–H groups in total. The molecular formula is C6H14OS. The van der Waals surface area contributed by atoms with Gasteiger partial charge in [0.1, 0.15) is 0 Å². The zero-order valence-corrected chi connectivity index (χ0v) is 6.36. The first-order valence-electron chi connectivity index (χ1n) is 3.04. The average Bonchev–Trinajstić information content (AvgIpc) is 1.67. The number of thiol groups is 1. The fourth-order valence-electron chi connectivity index (χ4n) is 0.604. The predicted octanol–water partition coefficient (Wildman–Crippen LogP) is 1.67. The number of hydrogen-bond donors (Lipinski definition) is 2. The van der Waals surface area contributed by atoms with Crippen molar-refractivity contribution in [1.82, 2.24) is 0 Å². The Kier molecular flexibility index (Phi) is 4.38. The first kappa shape index (κ1) is 8.31. The summed E-state index contributed by atoms with van der Waals surface area (Å²) in [6, 6.07) is 0. The van der Waals surface area contributed by atoms with E-state index >= 15 is 0 Å². The van der Waals surface area contributed by atoms with E-state index in [9.17, 15) is 0 Å². The van der Waals surface area contributed by atoms with Crippen LogP contribution in [0.2, 0.25) is 0 Å². The summed E-state index contributed by atoms with van der Waals surface area (Å²) in [7, 11) is 0. The lowest BCUT2D eigenvalue weighted by atomic mass is 10.1. The van der Waals surface area contributed by atoms with Crippen LogP contribution in [0.25, 0.3) is 0 Å². The molecule has 0 aromatic heterocycles. The molecule has 0 aliphatic heterocycles. The Labute approximate surface area is 56.5 Å². The second-order valence-corrected chi connectivity index (χ2v) is 2.71. The second-order valence-electron chi connectivity index (χ2n) is 2.18. The first-order chi connectivity index (χ1) is 3.68. The second kappa shape index (κ2) is 4.21. The van der Waals surface area contributed by atoms with Crippen LogP contribution >= 0.6 is 12.6 Å². The minimum Gasteiger partial charge on any atom is -0.382 e. The zero-order valence-electron chi connectivity index (χ0n) is 5.46. The van der Waals surface area contributed by atoms with Gasteiger partial charge in [0.05, 0.1) is 5.44 Å². The van der Waals surface area contributed by atoms with Gasteiger partial charge in [0.15, 0.2) is 0 Å². The Morgan fingerprint density at radius 2 is 2.12 bits per heavy atom. The molecule has 0 aliphatic carbocycles. The highest BCUT2D eigenvalue weighted by Crippen LogP contribution is 2.12. The van der Waals surface area contributed by atoms with Gasteiger partial charge in [-0.2, -0.15) is 0 Å². The van der Waals surface area contributed by atoms with Gasteiger partial charge in [-0.25, -0.2) is 0 Å². The molecule has 0 saturated heterocycles. The standard InChI is InChI=1S/C6H14OS/c1-3-4-5(2)6(7)8/h5-8H,3-4H2,1-2H3/t5-,6+/m1/s1. The highest BCUT2D eigenvalue weighted by Gasteiger charge is 2.06. The lowest BCUT2D eigenvalue weighted by molar-refractivity contribution is 0.197. The van der Waals surface area contributed by atoms with Crippen molar-refractivity contribution >= 4 is 12.6 Å². The third kappa shape index (κ3) is 3.33. The van der Waals surface area contributed by atoms with Crippen LogP contribution in [0.15, 0.2) is 0 Å². The van der Waals surface area contributed by atoms with Gasteiger partial charge in [0.2, 0.25) is 0 Å². The van der Waals surface area contributed by atoms with Crippen molar-refractivity contribution in [3.8, 4) is 0 Å². The van der Waals surface area contributed by atoms with Gasteiger partial charge in [-0.3, -0.25) is 0 Å². The molecule has 0 unspecified atom stereocenters. The van der Waals surface area contributed by atoms with E-state index in [-0.39, 0.29) is 0 Å². The van der Waals surface area contributed by atoms with Crippen LogP contribution in [0.4, 0.5) is 0 Å². The maximum Gasteiger partial charge on any atom is 0.0990 e. The minimum atomic E-state index is -0.435. The average molecular weight is 134 g/mol. The van der Waals surface area contributed by atoms with Crippen LogP contribution in [0.1, 0.15) is 26.7 Å². The molecule has 0 saturated carbocycles. The van der Waals surface area contributed by atoms with Gasteiger partial charge >= 0.3 is 0 Å². The van der Waals surface area contributed by atoms with Gasteiger partial charge in [-0.15, -0.1) is 12.6 Å². The summed E-state index contributed by atoms with van der Waals surface area (Å²) >= 11 is 3.88. The van der Waals surface area contributed by atoms with Crippen molar-refractivity contribution in [3.05, 3.63) is 0 Å². The molecule has 0 aliphatic rings. The van der Waals surface area contributed by atoms with E-state index in [2.05, 4.69) is 19.6 Å². The van der Waals surface area contributed by atoms with E-state index in [4.69, 9.17) is 5.11 Å². The van der Waals surface area contributed by atoms with Crippen molar-refractivity contribution in [2.45, 2.75) is 32.1 Å². The summed E-state index contributed by atoms with van der Waals surface area (Å²) in [5.74, 6) is 0.336. The van der Waals surface area contributed by atoms with Crippen LogP contribution in [-0.2, 0) is 0 Å². The molecule has 0 bridgehead atoms. The molecule has 0 spiro atoms. The van der Waals surface area contributed by atoms with E-state index in [0.717, 1.165) is 12.8 Å². The zero-order chi connectivity index (χ0) is 6.57. The van der Waals surface area contributed by atoms with E-state index < -0.39 is 5.44 Å². The third-order valence-electron chi connectivity index (χ3n) is 1.25. The number of aliphatic hydroxyl groups is 1. The van der Waals surface area contributed by atoms with Gasteiger partial charge in [-0.1, -0.05) is 20.3 Å². The Balaban J connectivity index is 3.17. The number of rotatable bonds is 3. The molecular weight excluding hydrogens is 120 g/mol. The fourth-order valence-corrected chi connectivity index (χ4v) is 0.753. The monoisotopic (exact) mass is 134 g/mol. The van der Waals surface area contributed by atoms with E-state index in [0.29, 0.717) is 5.92 Å². The highest BCUT2D eigenvalue weighted by atomic mass is 32.1. The SMILES string of the molecule is CCC[C@@H](C)[C@@H](O)S. The smallest absolute Gasteiger partial charge is 0.0990 e. The van der Waals surface area contributed by atoms with Crippen molar-refractivity contribution in [2.75, 3.05) is 0 Å². The normalized spacial score (nSPS) is 18.0. The van der Waals surface area contributed by atoms with Crippen LogP contribution in [0, 0.1) is 5.92 Å². The quantitative estimate of drug-likeness (QED) is 0.444. The molecule has 0 aromatic carbocycles. The lowest BCUT2D eigenvalue weighted by Gasteiger charge is -2.10. The molecule has 0 radical (unpaired) electrons. The number of hydrogen-bond acceptors (Lipinski definition) is 2. The van der Waals surface area contributed by atoms with Crippen LogP contribution in [-0.4, -0.2) is 10.5 Å². The van der Waals surface area contributed by atoms with E-state index in [1.165, 1.54) is 0 Å². The summed E-state index contributed by atoms with van der Waals surface area (Å²) in [6.45, 7) is 4.10. The summed E-state index contributed by atoms with van der Waals surface area (Å²) in [5.41, 5.74) is -0.435. The first-order valence-corrected chi connectivity index (χ1v) is 3.56. The largest absolute Gasteiger partial charge is 0.382 e. The molecule has 2 atom stereocenters. The molecule has 8 heavy (non-hydrogen) atoms. The summed E-state index contributed by atoms with van der Waals surface area (Å²) in [4.78, 5) is 0. The van der Waals surface area contributed by atoms with Gasteiger partial charge in [0, 0.05) is 0 Å². The van der Waals surface area contributed by atoms with E-state index in [1.807, 2.05) is 6.92 Å². The number of aliphatic hydroxyl groups excluding tert-OH is 1. The van der Waals surface area contributed by atoms with Crippen molar-refractivity contribution < 1.29 is 5.11 Å². The third-order valence-corrected chi connectivity index (χ3v) is 1.76. The molecule has 0 aromatic rings.